The van der Waals surface area contributed by atoms with Crippen LogP contribution in [-0.4, -0.2) is 14.8 Å². The SMILES string of the molecule is Cl.Cn1nc(-c2ccccc2[C@@H](N)Cc2ccccn2)c2ccccc21. The molecule has 1 atom stereocenters. The zero-order valence-electron chi connectivity index (χ0n) is 14.5. The standard InChI is InChI=1S/C21H20N4.ClH/c1-25-20-12-5-4-11-18(20)21(24-25)17-10-3-2-9-16(17)19(22)14-15-8-6-7-13-23-15;/h2-13,19H,14,22H2,1H3;1H/t19-;/m0./s1. The monoisotopic (exact) mass is 364 g/mol. The van der Waals surface area contributed by atoms with Crippen molar-refractivity contribution in [2.75, 3.05) is 0 Å². The molecule has 0 bridgehead atoms. The lowest BCUT2D eigenvalue weighted by atomic mass is 9.94. The number of rotatable bonds is 4. The molecule has 2 N–H and O–H groups in total. The summed E-state index contributed by atoms with van der Waals surface area (Å²) in [6.07, 6.45) is 2.50. The number of para-hydroxylation sites is 1. The first-order valence-corrected chi connectivity index (χ1v) is 8.40. The first-order valence-electron chi connectivity index (χ1n) is 8.40. The van der Waals surface area contributed by atoms with Crippen molar-refractivity contribution < 1.29 is 0 Å². The molecule has 0 aliphatic heterocycles. The van der Waals surface area contributed by atoms with Crippen molar-refractivity contribution in [3.63, 3.8) is 0 Å². The minimum atomic E-state index is -0.133. The molecule has 0 fully saturated rings. The number of aromatic nitrogens is 3. The van der Waals surface area contributed by atoms with E-state index in [2.05, 4.69) is 29.2 Å². The Labute approximate surface area is 159 Å². The molecule has 0 saturated heterocycles. The highest BCUT2D eigenvalue weighted by molar-refractivity contribution is 5.94. The fourth-order valence-corrected chi connectivity index (χ4v) is 3.30. The third-order valence-electron chi connectivity index (χ3n) is 4.53. The average molecular weight is 365 g/mol. The summed E-state index contributed by atoms with van der Waals surface area (Å²) in [5.74, 6) is 0. The van der Waals surface area contributed by atoms with Crippen LogP contribution < -0.4 is 5.73 Å². The molecule has 2 aromatic heterocycles. The number of nitrogens with zero attached hydrogens (tertiary/aromatic N) is 3. The first kappa shape index (κ1) is 18.1. The predicted molar refractivity (Wildman–Crippen MR) is 108 cm³/mol. The number of halogens is 1. The molecule has 0 radical (unpaired) electrons. The minimum Gasteiger partial charge on any atom is -0.324 e. The lowest BCUT2D eigenvalue weighted by Crippen LogP contribution is -2.15. The van der Waals surface area contributed by atoms with Crippen LogP contribution >= 0.6 is 12.4 Å². The zero-order chi connectivity index (χ0) is 17.2. The summed E-state index contributed by atoms with van der Waals surface area (Å²) in [5, 5.41) is 5.90. The van der Waals surface area contributed by atoms with Gasteiger partial charge in [0.25, 0.3) is 0 Å². The van der Waals surface area contributed by atoms with Crippen LogP contribution in [0.1, 0.15) is 17.3 Å². The lowest BCUT2D eigenvalue weighted by Gasteiger charge is -2.15. The van der Waals surface area contributed by atoms with Crippen molar-refractivity contribution in [1.29, 1.82) is 0 Å². The second-order valence-electron chi connectivity index (χ2n) is 6.21. The van der Waals surface area contributed by atoms with Crippen molar-refractivity contribution in [3.8, 4) is 11.3 Å². The van der Waals surface area contributed by atoms with Gasteiger partial charge in [0.2, 0.25) is 0 Å². The second kappa shape index (κ2) is 7.68. The number of benzene rings is 2. The number of hydrogen-bond acceptors (Lipinski definition) is 3. The van der Waals surface area contributed by atoms with Gasteiger partial charge in [-0.15, -0.1) is 12.4 Å². The van der Waals surface area contributed by atoms with Gasteiger partial charge in [0, 0.05) is 42.4 Å². The minimum absolute atomic E-state index is 0. The van der Waals surface area contributed by atoms with E-state index in [1.165, 1.54) is 0 Å². The summed E-state index contributed by atoms with van der Waals surface area (Å²) in [4.78, 5) is 4.40. The van der Waals surface area contributed by atoms with Crippen LogP contribution in [0.2, 0.25) is 0 Å². The number of fused-ring (bicyclic) bond motifs is 1. The van der Waals surface area contributed by atoms with Crippen LogP contribution in [0.25, 0.3) is 22.2 Å². The van der Waals surface area contributed by atoms with Crippen molar-refractivity contribution in [3.05, 3.63) is 84.2 Å². The molecule has 0 spiro atoms. The molecule has 4 nitrogen and oxygen atoms in total. The molecule has 0 aliphatic carbocycles. The molecule has 2 heterocycles. The van der Waals surface area contributed by atoms with Crippen LogP contribution in [0.3, 0.4) is 0 Å². The molecule has 0 aliphatic rings. The Morgan fingerprint density at radius 3 is 2.50 bits per heavy atom. The van der Waals surface area contributed by atoms with E-state index >= 15 is 0 Å². The predicted octanol–water partition coefficient (Wildman–Crippen LogP) is 4.30. The van der Waals surface area contributed by atoms with E-state index in [9.17, 15) is 0 Å². The Morgan fingerprint density at radius 2 is 1.69 bits per heavy atom. The summed E-state index contributed by atoms with van der Waals surface area (Å²) in [7, 11) is 1.97. The largest absolute Gasteiger partial charge is 0.324 e. The van der Waals surface area contributed by atoms with Crippen molar-refractivity contribution in [2.24, 2.45) is 12.8 Å². The fraction of sp³-hybridized carbons (Fsp3) is 0.143. The van der Waals surface area contributed by atoms with Crippen LogP contribution in [-0.2, 0) is 13.5 Å². The molecule has 4 rings (SSSR count). The Bertz CT molecular complexity index is 1010. The number of aryl methyl sites for hydroxylation is 1. The maximum absolute atomic E-state index is 6.54. The van der Waals surface area contributed by atoms with E-state index < -0.39 is 0 Å². The maximum Gasteiger partial charge on any atom is 0.100 e. The van der Waals surface area contributed by atoms with Gasteiger partial charge in [0.15, 0.2) is 0 Å². The van der Waals surface area contributed by atoms with Gasteiger partial charge in [-0.25, -0.2) is 0 Å². The van der Waals surface area contributed by atoms with E-state index in [1.54, 1.807) is 6.20 Å². The van der Waals surface area contributed by atoms with Crippen molar-refractivity contribution >= 4 is 23.3 Å². The Balaban J connectivity index is 0.00000196. The van der Waals surface area contributed by atoms with Crippen LogP contribution in [0.5, 0.6) is 0 Å². The van der Waals surface area contributed by atoms with Crippen LogP contribution in [0.4, 0.5) is 0 Å². The van der Waals surface area contributed by atoms with Crippen molar-refractivity contribution in [2.45, 2.75) is 12.5 Å². The highest BCUT2D eigenvalue weighted by atomic mass is 35.5. The maximum atomic E-state index is 6.54. The van der Waals surface area contributed by atoms with E-state index in [4.69, 9.17) is 10.8 Å². The summed E-state index contributed by atoms with van der Waals surface area (Å²) in [5.41, 5.74) is 11.8. The molecule has 26 heavy (non-hydrogen) atoms. The van der Waals surface area contributed by atoms with Gasteiger partial charge in [-0.2, -0.15) is 5.10 Å². The number of hydrogen-bond donors (Lipinski definition) is 1. The van der Waals surface area contributed by atoms with E-state index in [0.29, 0.717) is 6.42 Å². The second-order valence-corrected chi connectivity index (χ2v) is 6.21. The summed E-state index contributed by atoms with van der Waals surface area (Å²) < 4.78 is 1.92. The first-order chi connectivity index (χ1) is 12.2. The molecular formula is C21H21ClN4. The zero-order valence-corrected chi connectivity index (χ0v) is 15.4. The smallest absolute Gasteiger partial charge is 0.100 e. The molecule has 2 aromatic carbocycles. The Morgan fingerprint density at radius 1 is 0.962 bits per heavy atom. The molecule has 0 amide bonds. The van der Waals surface area contributed by atoms with Gasteiger partial charge in [0.05, 0.1) is 5.52 Å². The molecule has 132 valence electrons. The van der Waals surface area contributed by atoms with Gasteiger partial charge in [-0.3, -0.25) is 9.67 Å². The highest BCUT2D eigenvalue weighted by Crippen LogP contribution is 2.32. The summed E-state index contributed by atoms with van der Waals surface area (Å²) in [6.45, 7) is 0. The van der Waals surface area contributed by atoms with Crippen LogP contribution in [0, 0.1) is 0 Å². The van der Waals surface area contributed by atoms with E-state index in [0.717, 1.165) is 33.4 Å². The topological polar surface area (TPSA) is 56.7 Å². The molecule has 0 unspecified atom stereocenters. The Kier molecular flexibility index (Phi) is 5.35. The molecule has 0 saturated carbocycles. The number of pyridine rings is 1. The van der Waals surface area contributed by atoms with E-state index in [1.807, 2.05) is 54.2 Å². The van der Waals surface area contributed by atoms with Crippen molar-refractivity contribution in [1.82, 2.24) is 14.8 Å². The van der Waals surface area contributed by atoms with Gasteiger partial charge >= 0.3 is 0 Å². The average Bonchev–Trinajstić information content (AvgIpc) is 3.00. The fourth-order valence-electron chi connectivity index (χ4n) is 3.30. The van der Waals surface area contributed by atoms with Gasteiger partial charge in [0.1, 0.15) is 5.69 Å². The molecule has 5 heteroatoms. The third-order valence-corrected chi connectivity index (χ3v) is 4.53. The van der Waals surface area contributed by atoms with Crippen LogP contribution in [0.15, 0.2) is 72.9 Å². The summed E-state index contributed by atoms with van der Waals surface area (Å²) in [6, 6.07) is 22.3. The lowest BCUT2D eigenvalue weighted by molar-refractivity contribution is 0.707. The number of nitrogens with two attached hydrogens (primary N) is 1. The van der Waals surface area contributed by atoms with Gasteiger partial charge < -0.3 is 5.73 Å². The normalized spacial score (nSPS) is 11.9. The molecule has 4 aromatic rings. The molecular weight excluding hydrogens is 344 g/mol. The van der Waals surface area contributed by atoms with E-state index in [-0.39, 0.29) is 18.4 Å². The van der Waals surface area contributed by atoms with Gasteiger partial charge in [-0.05, 0) is 23.8 Å². The quantitative estimate of drug-likeness (QED) is 0.587. The Hall–Kier alpha value is -2.69. The third kappa shape index (κ3) is 3.34. The highest BCUT2D eigenvalue weighted by Gasteiger charge is 2.17. The van der Waals surface area contributed by atoms with Gasteiger partial charge in [-0.1, -0.05) is 48.5 Å². The summed E-state index contributed by atoms with van der Waals surface area (Å²) >= 11 is 0.